The van der Waals surface area contributed by atoms with Gasteiger partial charge in [-0.1, -0.05) is 48.5 Å². The summed E-state index contributed by atoms with van der Waals surface area (Å²) in [5.74, 6) is -0.204. The number of amides is 2. The van der Waals surface area contributed by atoms with Gasteiger partial charge in [0.05, 0.1) is 6.54 Å². The maximum atomic E-state index is 13.6. The van der Waals surface area contributed by atoms with E-state index < -0.39 is 0 Å². The molecule has 0 fully saturated rings. The highest BCUT2D eigenvalue weighted by atomic mass is 16.5. The molecule has 0 saturated heterocycles. The van der Waals surface area contributed by atoms with Crippen LogP contribution in [0.2, 0.25) is 0 Å². The van der Waals surface area contributed by atoms with Gasteiger partial charge in [-0.3, -0.25) is 9.59 Å². The molecule has 2 amide bonds. The first-order valence-electron chi connectivity index (χ1n) is 11.8. The molecular weight excluding hydrogens is 426 g/mol. The second kappa shape index (κ2) is 12.8. The fourth-order valence-electron chi connectivity index (χ4n) is 3.89. The standard InChI is InChI=1S/C28H35N3O3/c1-4-34-19-11-18-30(28(33)26-16-9-8-12-23(26)2)22-27(32)31(20-24-13-6-5-7-14-24)21-25-15-10-17-29(25)3/h5-10,12-17H,4,11,18-22H2,1-3H3. The summed E-state index contributed by atoms with van der Waals surface area (Å²) in [6, 6.07) is 21.5. The molecule has 0 aliphatic carbocycles. The van der Waals surface area contributed by atoms with E-state index in [-0.39, 0.29) is 18.4 Å². The summed E-state index contributed by atoms with van der Waals surface area (Å²) in [5, 5.41) is 0. The number of nitrogens with zero attached hydrogens (tertiary/aromatic N) is 3. The van der Waals surface area contributed by atoms with Crippen LogP contribution >= 0.6 is 0 Å². The Hall–Kier alpha value is -3.38. The SMILES string of the molecule is CCOCCCN(CC(=O)N(Cc1ccccc1)Cc1cccn1C)C(=O)c1ccccc1C. The lowest BCUT2D eigenvalue weighted by Gasteiger charge is -2.28. The minimum Gasteiger partial charge on any atom is -0.382 e. The molecular formula is C28H35N3O3. The number of ether oxygens (including phenoxy) is 1. The number of aromatic nitrogens is 1. The van der Waals surface area contributed by atoms with Gasteiger partial charge in [-0.2, -0.15) is 0 Å². The van der Waals surface area contributed by atoms with Crippen molar-refractivity contribution in [3.8, 4) is 0 Å². The zero-order chi connectivity index (χ0) is 24.3. The van der Waals surface area contributed by atoms with Crippen LogP contribution in [0.5, 0.6) is 0 Å². The first kappa shape index (κ1) is 25.2. The number of hydrogen-bond acceptors (Lipinski definition) is 3. The van der Waals surface area contributed by atoms with Gasteiger partial charge in [0.25, 0.3) is 5.91 Å². The van der Waals surface area contributed by atoms with Gasteiger partial charge < -0.3 is 19.1 Å². The third-order valence-electron chi connectivity index (χ3n) is 5.88. The van der Waals surface area contributed by atoms with Gasteiger partial charge in [0.1, 0.15) is 6.54 Å². The minimum absolute atomic E-state index is 0.0244. The van der Waals surface area contributed by atoms with Gasteiger partial charge in [-0.05, 0) is 49.6 Å². The first-order valence-corrected chi connectivity index (χ1v) is 11.8. The van der Waals surface area contributed by atoms with Crippen molar-refractivity contribution >= 4 is 11.8 Å². The van der Waals surface area contributed by atoms with Crippen LogP contribution in [0.1, 0.15) is 40.5 Å². The largest absolute Gasteiger partial charge is 0.382 e. The molecule has 1 aromatic heterocycles. The Morgan fingerprint density at radius 2 is 1.65 bits per heavy atom. The fourth-order valence-corrected chi connectivity index (χ4v) is 3.89. The highest BCUT2D eigenvalue weighted by molar-refractivity contribution is 5.97. The van der Waals surface area contributed by atoms with Crippen LogP contribution < -0.4 is 0 Å². The third kappa shape index (κ3) is 7.06. The van der Waals surface area contributed by atoms with Crippen LogP contribution in [0.15, 0.2) is 72.9 Å². The zero-order valence-corrected chi connectivity index (χ0v) is 20.4. The molecule has 0 N–H and O–H groups in total. The van der Waals surface area contributed by atoms with Gasteiger partial charge in [0.15, 0.2) is 0 Å². The molecule has 0 aliphatic rings. The van der Waals surface area contributed by atoms with E-state index in [0.717, 1.165) is 16.8 Å². The zero-order valence-electron chi connectivity index (χ0n) is 20.4. The van der Waals surface area contributed by atoms with Gasteiger partial charge in [0, 0.05) is 50.8 Å². The van der Waals surface area contributed by atoms with E-state index in [9.17, 15) is 9.59 Å². The van der Waals surface area contributed by atoms with Crippen molar-refractivity contribution in [1.82, 2.24) is 14.4 Å². The Labute approximate surface area is 202 Å². The van der Waals surface area contributed by atoms with Crippen LogP contribution in [-0.4, -0.2) is 52.5 Å². The predicted molar refractivity (Wildman–Crippen MR) is 134 cm³/mol. The Kier molecular flexibility index (Phi) is 9.47. The minimum atomic E-state index is -0.124. The van der Waals surface area contributed by atoms with Crippen molar-refractivity contribution < 1.29 is 14.3 Å². The Morgan fingerprint density at radius 1 is 0.912 bits per heavy atom. The van der Waals surface area contributed by atoms with Crippen molar-refractivity contribution in [2.75, 3.05) is 26.3 Å². The lowest BCUT2D eigenvalue weighted by Crippen LogP contribution is -2.43. The highest BCUT2D eigenvalue weighted by Crippen LogP contribution is 2.15. The van der Waals surface area contributed by atoms with Crippen molar-refractivity contribution in [1.29, 1.82) is 0 Å². The molecule has 6 nitrogen and oxygen atoms in total. The molecule has 0 unspecified atom stereocenters. The summed E-state index contributed by atoms with van der Waals surface area (Å²) in [7, 11) is 1.97. The van der Waals surface area contributed by atoms with E-state index in [1.807, 2.05) is 103 Å². The summed E-state index contributed by atoms with van der Waals surface area (Å²) in [5.41, 5.74) is 3.62. The molecule has 1 heterocycles. The Bertz CT molecular complexity index is 1060. The van der Waals surface area contributed by atoms with Gasteiger partial charge in [-0.15, -0.1) is 0 Å². The number of hydrogen-bond donors (Lipinski definition) is 0. The molecule has 34 heavy (non-hydrogen) atoms. The molecule has 0 bridgehead atoms. The molecule has 3 rings (SSSR count). The molecule has 180 valence electrons. The van der Waals surface area contributed by atoms with Crippen LogP contribution in [0.3, 0.4) is 0 Å². The van der Waals surface area contributed by atoms with E-state index >= 15 is 0 Å². The smallest absolute Gasteiger partial charge is 0.254 e. The summed E-state index contributed by atoms with van der Waals surface area (Å²) >= 11 is 0. The van der Waals surface area contributed by atoms with E-state index in [0.29, 0.717) is 44.8 Å². The number of carbonyl (C=O) groups is 2. The lowest BCUT2D eigenvalue weighted by molar-refractivity contribution is -0.133. The third-order valence-corrected chi connectivity index (χ3v) is 5.88. The Balaban J connectivity index is 1.81. The van der Waals surface area contributed by atoms with Gasteiger partial charge in [0.2, 0.25) is 5.91 Å². The highest BCUT2D eigenvalue weighted by Gasteiger charge is 2.24. The number of aryl methyl sites for hydroxylation is 2. The summed E-state index contributed by atoms with van der Waals surface area (Å²) in [6.07, 6.45) is 2.65. The molecule has 2 aromatic carbocycles. The lowest BCUT2D eigenvalue weighted by atomic mass is 10.1. The van der Waals surface area contributed by atoms with E-state index in [2.05, 4.69) is 0 Å². The molecule has 3 aromatic rings. The van der Waals surface area contributed by atoms with Crippen LogP contribution in [0.4, 0.5) is 0 Å². The number of carbonyl (C=O) groups excluding carboxylic acids is 2. The molecule has 0 radical (unpaired) electrons. The van der Waals surface area contributed by atoms with E-state index in [1.165, 1.54) is 0 Å². The van der Waals surface area contributed by atoms with Crippen LogP contribution in [-0.2, 0) is 29.7 Å². The monoisotopic (exact) mass is 461 g/mol. The molecule has 0 saturated carbocycles. The second-order valence-corrected chi connectivity index (χ2v) is 8.44. The second-order valence-electron chi connectivity index (χ2n) is 8.44. The van der Waals surface area contributed by atoms with Gasteiger partial charge >= 0.3 is 0 Å². The topological polar surface area (TPSA) is 54.8 Å². The van der Waals surface area contributed by atoms with Crippen LogP contribution in [0, 0.1) is 6.92 Å². The van der Waals surface area contributed by atoms with Crippen LogP contribution in [0.25, 0.3) is 0 Å². The maximum absolute atomic E-state index is 13.6. The predicted octanol–water partition coefficient (Wildman–Crippen LogP) is 4.43. The van der Waals surface area contributed by atoms with Crippen molar-refractivity contribution in [3.05, 3.63) is 95.3 Å². The molecule has 0 atom stereocenters. The summed E-state index contributed by atoms with van der Waals surface area (Å²) in [4.78, 5) is 30.5. The maximum Gasteiger partial charge on any atom is 0.254 e. The summed E-state index contributed by atoms with van der Waals surface area (Å²) in [6.45, 7) is 6.50. The van der Waals surface area contributed by atoms with E-state index in [4.69, 9.17) is 4.74 Å². The number of rotatable bonds is 12. The average Bonchev–Trinajstić information content (AvgIpc) is 3.25. The summed E-state index contributed by atoms with van der Waals surface area (Å²) < 4.78 is 7.49. The Morgan fingerprint density at radius 3 is 2.32 bits per heavy atom. The van der Waals surface area contributed by atoms with E-state index in [1.54, 1.807) is 4.90 Å². The van der Waals surface area contributed by atoms with Crippen molar-refractivity contribution in [2.45, 2.75) is 33.4 Å². The molecule has 0 aliphatic heterocycles. The quantitative estimate of drug-likeness (QED) is 0.375. The fraction of sp³-hybridized carbons (Fsp3) is 0.357. The van der Waals surface area contributed by atoms with Crippen molar-refractivity contribution in [2.24, 2.45) is 7.05 Å². The first-order chi connectivity index (χ1) is 16.5. The molecule has 6 heteroatoms. The molecule has 0 spiro atoms. The number of benzene rings is 2. The van der Waals surface area contributed by atoms with Gasteiger partial charge in [-0.25, -0.2) is 0 Å². The normalized spacial score (nSPS) is 10.8. The van der Waals surface area contributed by atoms with Crippen molar-refractivity contribution in [3.63, 3.8) is 0 Å². The average molecular weight is 462 g/mol.